The number of nitrogens with one attached hydrogen (secondary N) is 1. The Kier molecular flexibility index (Phi) is 5.38. The molecule has 4 nitrogen and oxygen atoms in total. The summed E-state index contributed by atoms with van der Waals surface area (Å²) >= 11 is 11.7. The first-order chi connectivity index (χ1) is 7.65. The average Bonchev–Trinajstić information content (AvgIpc) is 2.25. The van der Waals surface area contributed by atoms with E-state index >= 15 is 0 Å². The number of ether oxygens (including phenoxy) is 1. The molecule has 88 valence electrons. The number of para-hydroxylation sites is 1. The molecule has 0 saturated heterocycles. The lowest BCUT2D eigenvalue weighted by molar-refractivity contribution is -0.123. The lowest BCUT2D eigenvalue weighted by atomic mass is 10.3. The number of carbonyl (C=O) groups excluding carboxylic acids is 1. The average molecular weight is 264 g/mol. The molecule has 16 heavy (non-hydrogen) atoms. The molecular weight excluding hydrogens is 253 g/mol. The normalized spacial score (nSPS) is 9.94. The van der Waals surface area contributed by atoms with Gasteiger partial charge in [0, 0.05) is 6.54 Å². The molecule has 0 aliphatic rings. The first kappa shape index (κ1) is 13.1. The van der Waals surface area contributed by atoms with E-state index in [4.69, 9.17) is 33.0 Å². The number of halogens is 2. The zero-order valence-electron chi connectivity index (χ0n) is 8.37. The molecule has 0 atom stereocenters. The quantitative estimate of drug-likeness (QED) is 0.846. The molecule has 1 aromatic rings. The smallest absolute Gasteiger partial charge is 0.258 e. The zero-order chi connectivity index (χ0) is 12.0. The number of aliphatic hydroxyl groups excluding tert-OH is 1. The van der Waals surface area contributed by atoms with Gasteiger partial charge >= 0.3 is 0 Å². The van der Waals surface area contributed by atoms with Crippen molar-refractivity contribution in [2.45, 2.75) is 0 Å². The van der Waals surface area contributed by atoms with E-state index in [1.807, 2.05) is 0 Å². The van der Waals surface area contributed by atoms with Crippen LogP contribution in [-0.2, 0) is 4.79 Å². The molecule has 0 aromatic heterocycles. The minimum atomic E-state index is -0.343. The highest BCUT2D eigenvalue weighted by atomic mass is 35.5. The SMILES string of the molecule is O=C(COc1c(Cl)cccc1Cl)NCCO. The standard InChI is InChI=1S/C10H11Cl2NO3/c11-7-2-1-3-8(12)10(7)16-6-9(15)13-4-5-14/h1-3,14H,4-6H2,(H,13,15). The van der Waals surface area contributed by atoms with Crippen LogP contribution in [0.1, 0.15) is 0 Å². The molecular formula is C10H11Cl2NO3. The van der Waals surface area contributed by atoms with E-state index in [2.05, 4.69) is 5.32 Å². The van der Waals surface area contributed by atoms with Crippen molar-refractivity contribution in [3.05, 3.63) is 28.2 Å². The topological polar surface area (TPSA) is 58.6 Å². The van der Waals surface area contributed by atoms with Crippen LogP contribution in [0.5, 0.6) is 5.75 Å². The Hall–Kier alpha value is -0.970. The van der Waals surface area contributed by atoms with Crippen LogP contribution in [0.15, 0.2) is 18.2 Å². The van der Waals surface area contributed by atoms with Crippen LogP contribution in [0.25, 0.3) is 0 Å². The second-order valence-corrected chi connectivity index (χ2v) is 3.73. The summed E-state index contributed by atoms with van der Waals surface area (Å²) in [6.07, 6.45) is 0. The van der Waals surface area contributed by atoms with Gasteiger partial charge in [-0.2, -0.15) is 0 Å². The lowest BCUT2D eigenvalue weighted by Crippen LogP contribution is -2.31. The third-order valence-corrected chi connectivity index (χ3v) is 2.30. The van der Waals surface area contributed by atoms with Gasteiger partial charge in [0.1, 0.15) is 0 Å². The molecule has 1 amide bonds. The highest BCUT2D eigenvalue weighted by Crippen LogP contribution is 2.32. The maximum atomic E-state index is 11.2. The van der Waals surface area contributed by atoms with Crippen molar-refractivity contribution in [1.82, 2.24) is 5.32 Å². The minimum Gasteiger partial charge on any atom is -0.481 e. The predicted molar refractivity (Wildman–Crippen MR) is 62.1 cm³/mol. The van der Waals surface area contributed by atoms with Crippen LogP contribution >= 0.6 is 23.2 Å². The number of amides is 1. The molecule has 0 saturated carbocycles. The summed E-state index contributed by atoms with van der Waals surface area (Å²) in [5, 5.41) is 11.6. The molecule has 0 radical (unpaired) electrons. The van der Waals surface area contributed by atoms with E-state index in [9.17, 15) is 4.79 Å². The van der Waals surface area contributed by atoms with Crippen molar-refractivity contribution in [2.24, 2.45) is 0 Å². The summed E-state index contributed by atoms with van der Waals surface area (Å²) in [6, 6.07) is 4.92. The summed E-state index contributed by atoms with van der Waals surface area (Å²) in [4.78, 5) is 11.2. The summed E-state index contributed by atoms with van der Waals surface area (Å²) in [7, 11) is 0. The molecule has 0 bridgehead atoms. The van der Waals surface area contributed by atoms with Gasteiger partial charge in [-0.05, 0) is 12.1 Å². The van der Waals surface area contributed by atoms with Crippen LogP contribution in [0.3, 0.4) is 0 Å². The third-order valence-electron chi connectivity index (χ3n) is 1.70. The van der Waals surface area contributed by atoms with Crippen LogP contribution < -0.4 is 10.1 Å². The second-order valence-electron chi connectivity index (χ2n) is 2.91. The van der Waals surface area contributed by atoms with Crippen molar-refractivity contribution in [3.8, 4) is 5.75 Å². The Morgan fingerprint density at radius 1 is 1.38 bits per heavy atom. The van der Waals surface area contributed by atoms with Gasteiger partial charge < -0.3 is 15.2 Å². The lowest BCUT2D eigenvalue weighted by Gasteiger charge is -2.09. The molecule has 0 fully saturated rings. The largest absolute Gasteiger partial charge is 0.481 e. The van der Waals surface area contributed by atoms with Gasteiger partial charge in [-0.25, -0.2) is 0 Å². The van der Waals surface area contributed by atoms with Crippen LogP contribution in [0.2, 0.25) is 10.0 Å². The molecule has 0 unspecified atom stereocenters. The number of carbonyl (C=O) groups is 1. The van der Waals surface area contributed by atoms with E-state index in [-0.39, 0.29) is 31.4 Å². The number of rotatable bonds is 5. The van der Waals surface area contributed by atoms with E-state index in [1.165, 1.54) is 0 Å². The Morgan fingerprint density at radius 3 is 2.56 bits per heavy atom. The monoisotopic (exact) mass is 263 g/mol. The van der Waals surface area contributed by atoms with Gasteiger partial charge in [-0.3, -0.25) is 4.79 Å². The van der Waals surface area contributed by atoms with Crippen LogP contribution in [0.4, 0.5) is 0 Å². The first-order valence-electron chi connectivity index (χ1n) is 4.59. The van der Waals surface area contributed by atoms with Crippen molar-refractivity contribution < 1.29 is 14.6 Å². The highest BCUT2D eigenvalue weighted by Gasteiger charge is 2.08. The van der Waals surface area contributed by atoms with E-state index in [1.54, 1.807) is 18.2 Å². The second kappa shape index (κ2) is 6.58. The molecule has 0 spiro atoms. The van der Waals surface area contributed by atoms with Crippen molar-refractivity contribution >= 4 is 29.1 Å². The Balaban J connectivity index is 2.51. The van der Waals surface area contributed by atoms with Crippen molar-refractivity contribution in [1.29, 1.82) is 0 Å². The van der Waals surface area contributed by atoms with Gasteiger partial charge in [-0.15, -0.1) is 0 Å². The summed E-state index contributed by atoms with van der Waals surface area (Å²) < 4.78 is 5.17. The van der Waals surface area contributed by atoms with Crippen molar-refractivity contribution in [2.75, 3.05) is 19.8 Å². The summed E-state index contributed by atoms with van der Waals surface area (Å²) in [5.41, 5.74) is 0. The first-order valence-corrected chi connectivity index (χ1v) is 5.35. The Labute approximate surface area is 103 Å². The number of hydrogen-bond acceptors (Lipinski definition) is 3. The molecule has 0 aliphatic heterocycles. The molecule has 0 heterocycles. The number of benzene rings is 1. The van der Waals surface area contributed by atoms with Crippen LogP contribution in [-0.4, -0.2) is 30.8 Å². The van der Waals surface area contributed by atoms with Gasteiger partial charge in [0.05, 0.1) is 16.7 Å². The Morgan fingerprint density at radius 2 is 2.00 bits per heavy atom. The van der Waals surface area contributed by atoms with Gasteiger partial charge in [-0.1, -0.05) is 29.3 Å². The van der Waals surface area contributed by atoms with Gasteiger partial charge in [0.25, 0.3) is 5.91 Å². The third kappa shape index (κ3) is 3.89. The molecule has 1 aromatic carbocycles. The molecule has 2 N–H and O–H groups in total. The molecule has 1 rings (SSSR count). The summed E-state index contributed by atoms with van der Waals surface area (Å²) in [5.74, 6) is -0.0602. The predicted octanol–water partition coefficient (Wildman–Crippen LogP) is 1.48. The number of aliphatic hydroxyl groups is 1. The van der Waals surface area contributed by atoms with E-state index < -0.39 is 0 Å². The van der Waals surface area contributed by atoms with Gasteiger partial charge in [0.2, 0.25) is 0 Å². The van der Waals surface area contributed by atoms with Crippen LogP contribution in [0, 0.1) is 0 Å². The van der Waals surface area contributed by atoms with E-state index in [0.717, 1.165) is 0 Å². The number of hydrogen-bond donors (Lipinski definition) is 2. The van der Waals surface area contributed by atoms with E-state index in [0.29, 0.717) is 10.0 Å². The maximum absolute atomic E-state index is 11.2. The highest BCUT2D eigenvalue weighted by molar-refractivity contribution is 6.37. The fraction of sp³-hybridized carbons (Fsp3) is 0.300. The minimum absolute atomic E-state index is 0.113. The van der Waals surface area contributed by atoms with Crippen molar-refractivity contribution in [3.63, 3.8) is 0 Å². The summed E-state index contributed by atoms with van der Waals surface area (Å²) in [6.45, 7) is -0.111. The Bertz CT molecular complexity index is 351. The molecule has 6 heteroatoms. The fourth-order valence-corrected chi connectivity index (χ4v) is 1.51. The zero-order valence-corrected chi connectivity index (χ0v) is 9.88. The van der Waals surface area contributed by atoms with Gasteiger partial charge in [0.15, 0.2) is 12.4 Å². The molecule has 0 aliphatic carbocycles. The fourth-order valence-electron chi connectivity index (χ4n) is 1.00. The maximum Gasteiger partial charge on any atom is 0.258 e.